The lowest BCUT2D eigenvalue weighted by Gasteiger charge is -2.32. The second-order valence-corrected chi connectivity index (χ2v) is 8.99. The number of aromatic nitrogens is 2. The number of carbonyl (C=O) groups excluding carboxylic acids is 1. The Balaban J connectivity index is 1.39. The molecule has 172 valence electrons. The van der Waals surface area contributed by atoms with Crippen molar-refractivity contribution in [1.29, 1.82) is 0 Å². The molecule has 0 unspecified atom stereocenters. The van der Waals surface area contributed by atoms with Crippen LogP contribution in [0.25, 0.3) is 0 Å². The summed E-state index contributed by atoms with van der Waals surface area (Å²) in [6, 6.07) is 13.8. The van der Waals surface area contributed by atoms with Crippen molar-refractivity contribution in [3.8, 4) is 11.5 Å². The second-order valence-electron chi connectivity index (χ2n) is 7.92. The van der Waals surface area contributed by atoms with Crippen LogP contribution in [0.1, 0.15) is 18.4 Å². The number of carbonyl (C=O) groups is 1. The van der Waals surface area contributed by atoms with Crippen molar-refractivity contribution in [3.63, 3.8) is 0 Å². The molecule has 0 radical (unpaired) electrons. The van der Waals surface area contributed by atoms with Crippen molar-refractivity contribution in [2.75, 3.05) is 37.5 Å². The van der Waals surface area contributed by atoms with Crippen LogP contribution in [0.4, 0.5) is 11.5 Å². The maximum atomic E-state index is 12.9. The first-order valence-electron chi connectivity index (χ1n) is 10.9. The Hall–Kier alpha value is -3.26. The Morgan fingerprint density at radius 1 is 1.03 bits per heavy atom. The zero-order chi connectivity index (χ0) is 23.2. The summed E-state index contributed by atoms with van der Waals surface area (Å²) in [5, 5.41) is 3.90. The maximum Gasteiger partial charge on any atom is 0.227 e. The molecule has 1 aliphatic heterocycles. The first-order valence-corrected chi connectivity index (χ1v) is 11.7. The summed E-state index contributed by atoms with van der Waals surface area (Å²) >= 11 is 1.62. The molecule has 1 amide bonds. The van der Waals surface area contributed by atoms with Gasteiger partial charge in [-0.25, -0.2) is 9.97 Å². The Kier molecular flexibility index (Phi) is 7.34. The first kappa shape index (κ1) is 22.9. The lowest BCUT2D eigenvalue weighted by atomic mass is 9.96. The van der Waals surface area contributed by atoms with Gasteiger partial charge in [0.1, 0.15) is 5.03 Å². The fourth-order valence-electron chi connectivity index (χ4n) is 3.91. The molecule has 1 N–H and O–H groups in total. The fourth-order valence-corrected chi connectivity index (χ4v) is 4.91. The third kappa shape index (κ3) is 5.57. The number of rotatable bonds is 7. The Morgan fingerprint density at radius 2 is 1.79 bits per heavy atom. The smallest absolute Gasteiger partial charge is 0.227 e. The predicted molar refractivity (Wildman–Crippen MR) is 130 cm³/mol. The highest BCUT2D eigenvalue weighted by Crippen LogP contribution is 2.35. The number of methoxy groups -OCH3 is 2. The number of benzene rings is 2. The van der Waals surface area contributed by atoms with E-state index in [0.717, 1.165) is 41.7 Å². The van der Waals surface area contributed by atoms with Crippen LogP contribution in [0.2, 0.25) is 0 Å². The number of anilines is 2. The van der Waals surface area contributed by atoms with E-state index in [9.17, 15) is 4.79 Å². The van der Waals surface area contributed by atoms with E-state index in [1.807, 2.05) is 6.07 Å². The molecule has 1 aliphatic rings. The molecular formula is C25H28N4O3S. The summed E-state index contributed by atoms with van der Waals surface area (Å²) in [6.07, 6.45) is 4.96. The van der Waals surface area contributed by atoms with E-state index in [4.69, 9.17) is 9.47 Å². The second kappa shape index (κ2) is 10.6. The van der Waals surface area contributed by atoms with E-state index in [1.54, 1.807) is 50.5 Å². The number of hydrogen-bond donors (Lipinski definition) is 1. The number of piperidine rings is 1. The Bertz CT molecular complexity index is 1120. The summed E-state index contributed by atoms with van der Waals surface area (Å²) in [5.41, 5.74) is 1.91. The van der Waals surface area contributed by atoms with Gasteiger partial charge in [0, 0.05) is 48.1 Å². The van der Waals surface area contributed by atoms with Gasteiger partial charge in [0.25, 0.3) is 0 Å². The van der Waals surface area contributed by atoms with Crippen LogP contribution in [-0.4, -0.2) is 43.2 Å². The molecule has 7 nitrogen and oxygen atoms in total. The third-order valence-corrected chi connectivity index (χ3v) is 6.64. The number of aryl methyl sites for hydroxylation is 1. The maximum absolute atomic E-state index is 12.9. The normalized spacial score (nSPS) is 14.1. The zero-order valence-corrected chi connectivity index (χ0v) is 19.9. The molecule has 0 saturated carbocycles. The molecule has 1 aromatic heterocycles. The van der Waals surface area contributed by atoms with Gasteiger partial charge in [-0.3, -0.25) is 4.79 Å². The highest BCUT2D eigenvalue weighted by atomic mass is 32.2. The summed E-state index contributed by atoms with van der Waals surface area (Å²) in [6.45, 7) is 3.59. The van der Waals surface area contributed by atoms with Gasteiger partial charge in [0.15, 0.2) is 17.3 Å². The van der Waals surface area contributed by atoms with Gasteiger partial charge < -0.3 is 19.7 Å². The number of nitrogens with zero attached hydrogens (tertiary/aromatic N) is 3. The van der Waals surface area contributed by atoms with Gasteiger partial charge >= 0.3 is 0 Å². The number of amides is 1. The molecule has 2 aromatic carbocycles. The van der Waals surface area contributed by atoms with Crippen LogP contribution in [0, 0.1) is 12.8 Å². The lowest BCUT2D eigenvalue weighted by Crippen LogP contribution is -2.38. The third-order valence-electron chi connectivity index (χ3n) is 5.67. The predicted octanol–water partition coefficient (Wildman–Crippen LogP) is 4.81. The molecule has 0 atom stereocenters. The monoisotopic (exact) mass is 464 g/mol. The Labute approximate surface area is 198 Å². The van der Waals surface area contributed by atoms with E-state index < -0.39 is 0 Å². The molecule has 0 spiro atoms. The van der Waals surface area contributed by atoms with Crippen molar-refractivity contribution >= 4 is 29.2 Å². The minimum atomic E-state index is -0.0566. The molecule has 2 heterocycles. The zero-order valence-electron chi connectivity index (χ0n) is 19.1. The fraction of sp³-hybridized carbons (Fsp3) is 0.320. The topological polar surface area (TPSA) is 76.6 Å². The van der Waals surface area contributed by atoms with Crippen molar-refractivity contribution in [2.45, 2.75) is 29.7 Å². The molecule has 33 heavy (non-hydrogen) atoms. The number of nitrogens with one attached hydrogen (secondary N) is 1. The number of hydrogen-bond acceptors (Lipinski definition) is 7. The summed E-state index contributed by atoms with van der Waals surface area (Å²) in [4.78, 5) is 25.4. The largest absolute Gasteiger partial charge is 0.493 e. The average Bonchev–Trinajstić information content (AvgIpc) is 2.84. The lowest BCUT2D eigenvalue weighted by molar-refractivity contribution is -0.120. The van der Waals surface area contributed by atoms with Crippen LogP contribution >= 0.6 is 11.8 Å². The van der Waals surface area contributed by atoms with Gasteiger partial charge in [-0.15, -0.1) is 0 Å². The van der Waals surface area contributed by atoms with E-state index in [0.29, 0.717) is 17.2 Å². The SMILES string of the molecule is COc1ccc(NC(=O)C2CCN(c3nccnc3Sc3cccc(C)c3)CC2)cc1OC. The molecule has 1 saturated heterocycles. The highest BCUT2D eigenvalue weighted by molar-refractivity contribution is 7.99. The molecule has 3 aromatic rings. The van der Waals surface area contributed by atoms with Gasteiger partial charge in [-0.05, 0) is 44.0 Å². The Morgan fingerprint density at radius 3 is 2.52 bits per heavy atom. The standard InChI is InChI=1S/C25H28N4O3S/c1-17-5-4-6-20(15-17)33-25-23(26-11-12-27-25)29-13-9-18(10-14-29)24(30)28-19-7-8-21(31-2)22(16-19)32-3/h4-8,11-12,15-16,18H,9-10,13-14H2,1-3H3,(H,28,30). The van der Waals surface area contributed by atoms with Crippen LogP contribution in [0.3, 0.4) is 0 Å². The van der Waals surface area contributed by atoms with Gasteiger partial charge in [0.2, 0.25) is 5.91 Å². The van der Waals surface area contributed by atoms with Crippen LogP contribution < -0.4 is 19.7 Å². The van der Waals surface area contributed by atoms with Crippen LogP contribution in [0.5, 0.6) is 11.5 Å². The minimum absolute atomic E-state index is 0.0235. The van der Waals surface area contributed by atoms with Gasteiger partial charge in [-0.1, -0.05) is 29.5 Å². The van der Waals surface area contributed by atoms with E-state index in [2.05, 4.69) is 51.4 Å². The average molecular weight is 465 g/mol. The highest BCUT2D eigenvalue weighted by Gasteiger charge is 2.27. The number of ether oxygens (including phenoxy) is 2. The van der Waals surface area contributed by atoms with Crippen molar-refractivity contribution < 1.29 is 14.3 Å². The molecule has 0 bridgehead atoms. The molecular weight excluding hydrogens is 436 g/mol. The summed E-state index contributed by atoms with van der Waals surface area (Å²) in [7, 11) is 3.17. The molecule has 4 rings (SSSR count). The minimum Gasteiger partial charge on any atom is -0.493 e. The van der Waals surface area contributed by atoms with Crippen molar-refractivity contribution in [3.05, 3.63) is 60.4 Å². The molecule has 8 heteroatoms. The first-order chi connectivity index (χ1) is 16.1. The van der Waals surface area contributed by atoms with E-state index >= 15 is 0 Å². The van der Waals surface area contributed by atoms with Crippen molar-refractivity contribution in [1.82, 2.24) is 9.97 Å². The van der Waals surface area contributed by atoms with Gasteiger partial charge in [-0.2, -0.15) is 0 Å². The summed E-state index contributed by atoms with van der Waals surface area (Å²) in [5.74, 6) is 2.07. The molecule has 1 fully saturated rings. The summed E-state index contributed by atoms with van der Waals surface area (Å²) < 4.78 is 10.6. The van der Waals surface area contributed by atoms with Gasteiger partial charge in [0.05, 0.1) is 14.2 Å². The molecule has 0 aliphatic carbocycles. The quantitative estimate of drug-likeness (QED) is 0.538. The van der Waals surface area contributed by atoms with Crippen LogP contribution in [-0.2, 0) is 4.79 Å². The van der Waals surface area contributed by atoms with E-state index in [1.165, 1.54) is 5.56 Å². The van der Waals surface area contributed by atoms with Crippen molar-refractivity contribution in [2.24, 2.45) is 5.92 Å². The van der Waals surface area contributed by atoms with E-state index in [-0.39, 0.29) is 11.8 Å². The van der Waals surface area contributed by atoms with Crippen LogP contribution in [0.15, 0.2) is 64.8 Å².